The fourth-order valence-corrected chi connectivity index (χ4v) is 4.83. The molecule has 198 valence electrons. The van der Waals surface area contributed by atoms with E-state index >= 15 is 0 Å². The Morgan fingerprint density at radius 3 is 2.79 bits per heavy atom. The van der Waals surface area contributed by atoms with E-state index in [9.17, 15) is 18.7 Å². The number of hydrogen-bond acceptors (Lipinski definition) is 7. The number of likely N-dealkylation sites (tertiary alicyclic amines) is 1. The summed E-state index contributed by atoms with van der Waals surface area (Å²) < 4.78 is 36.1. The summed E-state index contributed by atoms with van der Waals surface area (Å²) in [7, 11) is 0. The average Bonchev–Trinajstić information content (AvgIpc) is 3.52. The predicted molar refractivity (Wildman–Crippen MR) is 134 cm³/mol. The van der Waals surface area contributed by atoms with Gasteiger partial charge in [-0.1, -0.05) is 17.9 Å². The number of carbonyl (C=O) groups excluding carboxylic acids is 1. The molecule has 0 bridgehead atoms. The van der Waals surface area contributed by atoms with E-state index in [0.717, 1.165) is 10.9 Å². The van der Waals surface area contributed by atoms with Gasteiger partial charge in [0.2, 0.25) is 5.91 Å². The van der Waals surface area contributed by atoms with E-state index in [0.29, 0.717) is 41.1 Å². The number of aliphatic hydroxyl groups excluding tert-OH is 1. The molecule has 1 fully saturated rings. The normalized spacial score (nSPS) is 18.6. The van der Waals surface area contributed by atoms with Crippen molar-refractivity contribution in [3.63, 3.8) is 0 Å². The molecule has 5 rings (SSSR count). The van der Waals surface area contributed by atoms with Gasteiger partial charge >= 0.3 is 6.55 Å². The van der Waals surface area contributed by atoms with Crippen LogP contribution in [0.1, 0.15) is 43.4 Å². The van der Waals surface area contributed by atoms with Gasteiger partial charge in [0, 0.05) is 24.8 Å². The van der Waals surface area contributed by atoms with E-state index in [-0.39, 0.29) is 29.8 Å². The van der Waals surface area contributed by atoms with Crippen LogP contribution in [0.4, 0.5) is 8.78 Å². The first-order valence-corrected chi connectivity index (χ1v) is 12.2. The second-order valence-corrected chi connectivity index (χ2v) is 9.17. The number of pyridine rings is 1. The Hall–Kier alpha value is -4.19. The second kappa shape index (κ2) is 10.3. The Bertz CT molecular complexity index is 1470. The lowest BCUT2D eigenvalue weighted by atomic mass is 10.0. The molecule has 3 aromatic heterocycles. The van der Waals surface area contributed by atoms with Crippen molar-refractivity contribution in [1.29, 1.82) is 0 Å². The molecule has 0 radical (unpaired) electrons. The summed E-state index contributed by atoms with van der Waals surface area (Å²) in [6.07, 6.45) is 3.06. The molecular formula is C26H27F2N7O3. The number of alkyl halides is 2. The number of rotatable bonds is 7. The molecule has 12 heteroatoms. The average molecular weight is 524 g/mol. The van der Waals surface area contributed by atoms with Crippen molar-refractivity contribution in [3.8, 4) is 17.0 Å². The fourth-order valence-electron chi connectivity index (χ4n) is 4.83. The molecule has 0 spiro atoms. The molecule has 0 aliphatic carbocycles. The van der Waals surface area contributed by atoms with Crippen molar-refractivity contribution in [3.05, 3.63) is 66.9 Å². The number of amides is 1. The topological polar surface area (TPSA) is 111 Å². The van der Waals surface area contributed by atoms with Crippen molar-refractivity contribution in [2.24, 2.45) is 0 Å². The van der Waals surface area contributed by atoms with Crippen molar-refractivity contribution >= 4 is 16.9 Å². The van der Waals surface area contributed by atoms with E-state index in [1.54, 1.807) is 47.0 Å². The van der Waals surface area contributed by atoms with Gasteiger partial charge in [-0.25, -0.2) is 9.67 Å². The number of ether oxygens (including phenoxy) is 1. The summed E-state index contributed by atoms with van der Waals surface area (Å²) in [5.74, 6) is -0.0267. The quantitative estimate of drug-likeness (QED) is 0.366. The van der Waals surface area contributed by atoms with Crippen LogP contribution in [0.3, 0.4) is 0 Å². The van der Waals surface area contributed by atoms with Gasteiger partial charge < -0.3 is 14.7 Å². The number of aliphatic hydroxyl groups is 1. The third-order valence-corrected chi connectivity index (χ3v) is 6.80. The third-order valence-electron chi connectivity index (χ3n) is 6.80. The molecule has 1 saturated heterocycles. The lowest BCUT2D eigenvalue weighted by Gasteiger charge is -2.35. The van der Waals surface area contributed by atoms with E-state index in [1.807, 2.05) is 13.0 Å². The summed E-state index contributed by atoms with van der Waals surface area (Å²) >= 11 is 0. The number of nitrogens with zero attached hydrogens (tertiary/aromatic N) is 7. The molecule has 38 heavy (non-hydrogen) atoms. The number of halogens is 2. The smallest absolute Gasteiger partial charge is 0.320 e. The predicted octanol–water partition coefficient (Wildman–Crippen LogP) is 3.85. The Morgan fingerprint density at radius 2 is 2.11 bits per heavy atom. The van der Waals surface area contributed by atoms with Crippen LogP contribution in [0, 0.1) is 6.92 Å². The number of benzene rings is 1. The summed E-state index contributed by atoms with van der Waals surface area (Å²) in [6.45, 7) is 4.91. The molecule has 0 unspecified atom stereocenters. The number of piperidine rings is 1. The molecule has 10 nitrogen and oxygen atoms in total. The van der Waals surface area contributed by atoms with E-state index in [1.165, 1.54) is 6.08 Å². The molecule has 1 aromatic carbocycles. The SMILES string of the molecule is C=CC(=O)N1CC[C@H](n2nnc(-c3cc(O[C@H](C)c4ccccn4)c4c(c3)ncn4C(F)F)c2C)[C@H](O)C1. The van der Waals surface area contributed by atoms with E-state index in [2.05, 4.69) is 26.9 Å². The van der Waals surface area contributed by atoms with Crippen LogP contribution in [-0.2, 0) is 4.79 Å². The summed E-state index contributed by atoms with van der Waals surface area (Å²) in [5.41, 5.74) is 2.88. The first kappa shape index (κ1) is 25.5. The molecule has 3 atom stereocenters. The standard InChI is InChI=1S/C26H27F2N7O3/c1-4-23(37)33-10-8-20(21(36)13-33)35-15(2)24(31-32-35)17-11-19-25(34(14-30-19)26(27)28)22(12-17)38-16(3)18-7-5-6-9-29-18/h4-7,9,11-12,14,16,20-21,26,36H,1,8,10,13H2,2-3H3/t16-,20+,21-/m1/s1. The van der Waals surface area contributed by atoms with Gasteiger partial charge in [0.25, 0.3) is 0 Å². The van der Waals surface area contributed by atoms with Gasteiger partial charge in [-0.3, -0.25) is 14.3 Å². The summed E-state index contributed by atoms with van der Waals surface area (Å²) in [6, 6.07) is 8.33. The van der Waals surface area contributed by atoms with Crippen molar-refractivity contribution in [2.45, 2.75) is 45.1 Å². The molecular weight excluding hydrogens is 496 g/mol. The maximum Gasteiger partial charge on any atom is 0.320 e. The van der Waals surface area contributed by atoms with Crippen molar-refractivity contribution in [1.82, 2.24) is 34.4 Å². The molecule has 4 aromatic rings. The number of fused-ring (bicyclic) bond motifs is 1. The van der Waals surface area contributed by atoms with Crippen LogP contribution >= 0.6 is 0 Å². The first-order chi connectivity index (χ1) is 18.3. The lowest BCUT2D eigenvalue weighted by Crippen LogP contribution is -2.47. The molecule has 1 aliphatic heterocycles. The Morgan fingerprint density at radius 1 is 1.29 bits per heavy atom. The molecule has 1 aliphatic rings. The Labute approximate surface area is 217 Å². The lowest BCUT2D eigenvalue weighted by molar-refractivity contribution is -0.130. The zero-order valence-corrected chi connectivity index (χ0v) is 20.9. The number of imidazole rings is 1. The Kier molecular flexibility index (Phi) is 6.89. The first-order valence-electron chi connectivity index (χ1n) is 12.2. The summed E-state index contributed by atoms with van der Waals surface area (Å²) in [4.78, 5) is 22.0. The van der Waals surface area contributed by atoms with Crippen LogP contribution in [0.5, 0.6) is 5.75 Å². The van der Waals surface area contributed by atoms with Crippen LogP contribution < -0.4 is 4.74 Å². The molecule has 0 saturated carbocycles. The van der Waals surface area contributed by atoms with Crippen LogP contribution in [0.25, 0.3) is 22.3 Å². The Balaban J connectivity index is 1.51. The molecule has 4 heterocycles. The van der Waals surface area contributed by atoms with Crippen molar-refractivity contribution in [2.75, 3.05) is 13.1 Å². The zero-order chi connectivity index (χ0) is 27.0. The van der Waals surface area contributed by atoms with Gasteiger partial charge in [-0.05, 0) is 50.6 Å². The number of carbonyl (C=O) groups is 1. The van der Waals surface area contributed by atoms with Gasteiger partial charge in [0.15, 0.2) is 0 Å². The molecule has 1 N–H and O–H groups in total. The van der Waals surface area contributed by atoms with Crippen molar-refractivity contribution < 1.29 is 23.4 Å². The number of hydrogen-bond donors (Lipinski definition) is 1. The van der Waals surface area contributed by atoms with Gasteiger partial charge in [-0.15, -0.1) is 5.10 Å². The van der Waals surface area contributed by atoms with Gasteiger partial charge in [0.05, 0.1) is 29.1 Å². The number of β-amino-alcohol motifs (C(OH)–C–C–N with tert-alkyl or cyclic N) is 1. The number of aromatic nitrogens is 6. The maximum absolute atomic E-state index is 13.8. The second-order valence-electron chi connectivity index (χ2n) is 9.17. The monoisotopic (exact) mass is 523 g/mol. The van der Waals surface area contributed by atoms with E-state index < -0.39 is 18.8 Å². The minimum absolute atomic E-state index is 0.157. The van der Waals surface area contributed by atoms with Gasteiger partial charge in [0.1, 0.15) is 29.4 Å². The minimum atomic E-state index is -2.80. The van der Waals surface area contributed by atoms with Crippen LogP contribution in [0.15, 0.2) is 55.5 Å². The zero-order valence-electron chi connectivity index (χ0n) is 20.9. The van der Waals surface area contributed by atoms with Crippen LogP contribution in [-0.4, -0.2) is 64.6 Å². The highest BCUT2D eigenvalue weighted by molar-refractivity contribution is 5.88. The summed E-state index contributed by atoms with van der Waals surface area (Å²) in [5, 5.41) is 19.4. The van der Waals surface area contributed by atoms with Crippen LogP contribution in [0.2, 0.25) is 0 Å². The van der Waals surface area contributed by atoms with E-state index in [4.69, 9.17) is 4.74 Å². The largest absolute Gasteiger partial charge is 0.482 e. The highest BCUT2D eigenvalue weighted by Crippen LogP contribution is 2.37. The highest BCUT2D eigenvalue weighted by atomic mass is 19.3. The van der Waals surface area contributed by atoms with Gasteiger partial charge in [-0.2, -0.15) is 8.78 Å². The molecule has 1 amide bonds. The minimum Gasteiger partial charge on any atom is -0.482 e. The fraction of sp³-hybridized carbons (Fsp3) is 0.346. The third kappa shape index (κ3) is 4.62. The maximum atomic E-state index is 13.8. The highest BCUT2D eigenvalue weighted by Gasteiger charge is 2.33.